The number of rotatable bonds is 11. The van der Waals surface area contributed by atoms with Gasteiger partial charge in [-0.3, -0.25) is 4.99 Å². The third kappa shape index (κ3) is 11.4. The average molecular weight is 512 g/mol. The first-order valence-corrected chi connectivity index (χ1v) is 10.9. The molecule has 0 spiro atoms. The van der Waals surface area contributed by atoms with Gasteiger partial charge in [0.15, 0.2) is 5.96 Å². The minimum atomic E-state index is -3.14. The molecule has 0 atom stereocenters. The van der Waals surface area contributed by atoms with Gasteiger partial charge in [-0.05, 0) is 32.4 Å². The van der Waals surface area contributed by atoms with Gasteiger partial charge in [0.05, 0.1) is 12.8 Å². The molecular formula is C18H33IN4O3S. The van der Waals surface area contributed by atoms with Crippen molar-refractivity contribution in [2.45, 2.75) is 27.2 Å². The Bertz CT molecular complexity index is 651. The van der Waals surface area contributed by atoms with Crippen LogP contribution in [0.4, 0.5) is 0 Å². The number of guanidine groups is 1. The molecule has 0 fully saturated rings. The molecule has 27 heavy (non-hydrogen) atoms. The van der Waals surface area contributed by atoms with Gasteiger partial charge in [-0.2, -0.15) is 0 Å². The maximum Gasteiger partial charge on any atom is 0.211 e. The van der Waals surface area contributed by atoms with Crippen LogP contribution in [0.1, 0.15) is 25.8 Å². The van der Waals surface area contributed by atoms with Crippen LogP contribution in [0.25, 0.3) is 0 Å². The van der Waals surface area contributed by atoms with Gasteiger partial charge in [-0.15, -0.1) is 24.0 Å². The zero-order chi connectivity index (χ0) is 19.4. The summed E-state index contributed by atoms with van der Waals surface area (Å²) in [6, 6.07) is 7.94. The van der Waals surface area contributed by atoms with Crippen molar-refractivity contribution >= 4 is 40.0 Å². The molecule has 0 aliphatic heterocycles. The van der Waals surface area contributed by atoms with E-state index in [9.17, 15) is 8.42 Å². The number of hydrogen-bond donors (Lipinski definition) is 2. The lowest BCUT2D eigenvalue weighted by atomic mass is 10.2. The van der Waals surface area contributed by atoms with Gasteiger partial charge in [-0.1, -0.05) is 24.6 Å². The molecule has 156 valence electrons. The van der Waals surface area contributed by atoms with Crippen molar-refractivity contribution < 1.29 is 13.2 Å². The van der Waals surface area contributed by atoms with Crippen LogP contribution in [-0.4, -0.2) is 64.3 Å². The number of aliphatic imine (C=N–C) groups is 1. The Balaban J connectivity index is 0.00000676. The second-order valence-corrected chi connectivity index (χ2v) is 7.94. The Morgan fingerprint density at radius 1 is 1.19 bits per heavy atom. The Labute approximate surface area is 181 Å². The predicted molar refractivity (Wildman–Crippen MR) is 123 cm³/mol. The summed E-state index contributed by atoms with van der Waals surface area (Å²) < 4.78 is 30.2. The highest BCUT2D eigenvalue weighted by Crippen LogP contribution is 2.10. The largest absolute Gasteiger partial charge is 0.492 e. The van der Waals surface area contributed by atoms with Crippen molar-refractivity contribution in [2.24, 2.45) is 4.99 Å². The number of sulfonamides is 1. The van der Waals surface area contributed by atoms with E-state index < -0.39 is 10.0 Å². The molecule has 7 nitrogen and oxygen atoms in total. The third-order valence-electron chi connectivity index (χ3n) is 3.69. The predicted octanol–water partition coefficient (Wildman–Crippen LogP) is 2.22. The van der Waals surface area contributed by atoms with Crippen LogP contribution in [0, 0.1) is 6.92 Å². The Morgan fingerprint density at radius 3 is 2.41 bits per heavy atom. The van der Waals surface area contributed by atoms with E-state index in [-0.39, 0.29) is 24.0 Å². The van der Waals surface area contributed by atoms with E-state index in [1.54, 1.807) is 0 Å². The molecule has 0 saturated carbocycles. The molecule has 1 rings (SSSR count). The maximum atomic E-state index is 11.6. The Hall–Kier alpha value is -1.07. The van der Waals surface area contributed by atoms with Crippen molar-refractivity contribution in [1.29, 1.82) is 0 Å². The fourth-order valence-electron chi connectivity index (χ4n) is 2.31. The smallest absolute Gasteiger partial charge is 0.211 e. The zero-order valence-electron chi connectivity index (χ0n) is 16.7. The first-order chi connectivity index (χ1) is 12.4. The van der Waals surface area contributed by atoms with Crippen molar-refractivity contribution in [3.8, 4) is 5.75 Å². The van der Waals surface area contributed by atoms with Crippen LogP contribution in [0.5, 0.6) is 5.75 Å². The maximum absolute atomic E-state index is 11.6. The normalized spacial score (nSPS) is 11.8. The molecule has 0 aliphatic carbocycles. The lowest BCUT2D eigenvalue weighted by Gasteiger charge is -2.17. The van der Waals surface area contributed by atoms with E-state index in [1.807, 2.05) is 45.0 Å². The first kappa shape index (κ1) is 25.9. The van der Waals surface area contributed by atoms with E-state index in [4.69, 9.17) is 4.74 Å². The standard InChI is InChI=1S/C18H32N4O3S.HI/c1-5-19-18(20-12-7-14-22(6-2)26(4,23)24)21-13-15-25-17-10-8-16(3)9-11-17;/h8-11H,5-7,12-15H2,1-4H3,(H2,19,20,21);1H. The molecule has 0 bridgehead atoms. The summed E-state index contributed by atoms with van der Waals surface area (Å²) in [7, 11) is -3.14. The lowest BCUT2D eigenvalue weighted by molar-refractivity contribution is 0.322. The van der Waals surface area contributed by atoms with Crippen LogP contribution >= 0.6 is 24.0 Å². The Kier molecular flexibility index (Phi) is 13.4. The zero-order valence-corrected chi connectivity index (χ0v) is 19.8. The molecule has 0 aromatic heterocycles. The highest BCUT2D eigenvalue weighted by atomic mass is 127. The molecule has 9 heteroatoms. The molecular weight excluding hydrogens is 479 g/mol. The number of nitrogens with one attached hydrogen (secondary N) is 2. The summed E-state index contributed by atoms with van der Waals surface area (Å²) in [5.74, 6) is 1.56. The highest BCUT2D eigenvalue weighted by Gasteiger charge is 2.12. The number of aryl methyl sites for hydroxylation is 1. The number of nitrogens with zero attached hydrogens (tertiary/aromatic N) is 2. The molecule has 0 amide bonds. The van der Waals surface area contributed by atoms with E-state index in [1.165, 1.54) is 16.1 Å². The van der Waals surface area contributed by atoms with Crippen molar-refractivity contribution in [2.75, 3.05) is 45.6 Å². The number of hydrogen-bond acceptors (Lipinski definition) is 4. The van der Waals surface area contributed by atoms with Gasteiger partial charge in [0.2, 0.25) is 10.0 Å². The van der Waals surface area contributed by atoms with E-state index in [2.05, 4.69) is 15.6 Å². The molecule has 2 N–H and O–H groups in total. The second-order valence-electron chi connectivity index (χ2n) is 5.96. The SMILES string of the molecule is CCNC(=NCCCN(CC)S(C)(=O)=O)NCCOc1ccc(C)cc1.I. The van der Waals surface area contributed by atoms with Crippen LogP contribution < -0.4 is 15.4 Å². The number of halogens is 1. The van der Waals surface area contributed by atoms with Crippen LogP contribution in [-0.2, 0) is 10.0 Å². The van der Waals surface area contributed by atoms with Crippen molar-refractivity contribution in [1.82, 2.24) is 14.9 Å². The fraction of sp³-hybridized carbons (Fsp3) is 0.611. The lowest BCUT2D eigenvalue weighted by Crippen LogP contribution is -2.39. The van der Waals surface area contributed by atoms with Crippen LogP contribution in [0.3, 0.4) is 0 Å². The molecule has 0 saturated heterocycles. The summed E-state index contributed by atoms with van der Waals surface area (Å²) >= 11 is 0. The van der Waals surface area contributed by atoms with Crippen molar-refractivity contribution in [3.63, 3.8) is 0 Å². The number of ether oxygens (including phenoxy) is 1. The highest BCUT2D eigenvalue weighted by molar-refractivity contribution is 14.0. The monoisotopic (exact) mass is 512 g/mol. The second kappa shape index (κ2) is 14.0. The summed E-state index contributed by atoms with van der Waals surface area (Å²) in [5.41, 5.74) is 1.20. The van der Waals surface area contributed by atoms with Gasteiger partial charge < -0.3 is 15.4 Å². The third-order valence-corrected chi connectivity index (χ3v) is 5.06. The van der Waals surface area contributed by atoms with E-state index >= 15 is 0 Å². The molecule has 0 radical (unpaired) electrons. The summed E-state index contributed by atoms with van der Waals surface area (Å²) in [4.78, 5) is 4.48. The molecule has 0 unspecified atom stereocenters. The van der Waals surface area contributed by atoms with Gasteiger partial charge in [-0.25, -0.2) is 12.7 Å². The fourth-order valence-corrected chi connectivity index (χ4v) is 3.24. The summed E-state index contributed by atoms with van der Waals surface area (Å²) in [6.07, 6.45) is 1.91. The average Bonchev–Trinajstić information content (AvgIpc) is 2.58. The molecule has 1 aromatic carbocycles. The van der Waals surface area contributed by atoms with E-state index in [0.29, 0.717) is 45.2 Å². The van der Waals surface area contributed by atoms with Crippen LogP contribution in [0.2, 0.25) is 0 Å². The van der Waals surface area contributed by atoms with Gasteiger partial charge in [0.1, 0.15) is 12.4 Å². The van der Waals surface area contributed by atoms with Crippen molar-refractivity contribution in [3.05, 3.63) is 29.8 Å². The van der Waals surface area contributed by atoms with Crippen LogP contribution in [0.15, 0.2) is 29.3 Å². The molecule has 1 aromatic rings. The first-order valence-electron chi connectivity index (χ1n) is 9.03. The summed E-state index contributed by atoms with van der Waals surface area (Å²) in [5, 5.41) is 6.39. The number of benzene rings is 1. The minimum absolute atomic E-state index is 0. The van der Waals surface area contributed by atoms with Gasteiger partial charge >= 0.3 is 0 Å². The van der Waals surface area contributed by atoms with Gasteiger partial charge in [0, 0.05) is 26.2 Å². The Morgan fingerprint density at radius 2 is 1.85 bits per heavy atom. The van der Waals surface area contributed by atoms with Gasteiger partial charge in [0.25, 0.3) is 0 Å². The quantitative estimate of drug-likeness (QED) is 0.206. The van der Waals surface area contributed by atoms with E-state index in [0.717, 1.165) is 12.3 Å². The molecule has 0 aliphatic rings. The molecule has 0 heterocycles. The minimum Gasteiger partial charge on any atom is -0.492 e. The topological polar surface area (TPSA) is 83.0 Å². The summed E-state index contributed by atoms with van der Waals surface area (Å²) in [6.45, 7) is 9.32.